The summed E-state index contributed by atoms with van der Waals surface area (Å²) in [6.45, 7) is 0. The van der Waals surface area contributed by atoms with Crippen molar-refractivity contribution in [3.8, 4) is 16.9 Å². The molecule has 1 saturated carbocycles. The first-order valence-corrected chi connectivity index (χ1v) is 7.84. The monoisotopic (exact) mass is 355 g/mol. The number of alkyl halides is 3. The molecule has 1 aromatic carbocycles. The smallest absolute Gasteiger partial charge is 0.405 e. The number of nitrogens with zero attached hydrogens (tertiary/aromatic N) is 1. The summed E-state index contributed by atoms with van der Waals surface area (Å²) in [5.41, 5.74) is 5.78. The summed E-state index contributed by atoms with van der Waals surface area (Å²) in [6, 6.07) is 6.78. The Bertz CT molecular complexity index is 734. The zero-order valence-corrected chi connectivity index (χ0v) is 13.2. The van der Waals surface area contributed by atoms with E-state index in [-0.39, 0.29) is 23.2 Å². The van der Waals surface area contributed by atoms with Crippen LogP contribution in [0.15, 0.2) is 36.5 Å². The summed E-state index contributed by atoms with van der Waals surface area (Å²) in [5.74, 6) is -0.847. The number of halogens is 4. The van der Waals surface area contributed by atoms with E-state index in [1.54, 1.807) is 6.07 Å². The Balaban J connectivity index is 1.82. The molecule has 2 atom stereocenters. The van der Waals surface area contributed by atoms with Gasteiger partial charge in [0.05, 0.1) is 5.56 Å². The van der Waals surface area contributed by atoms with Crippen LogP contribution in [0.2, 0.25) is 0 Å². The first-order valence-electron chi connectivity index (χ1n) is 7.84. The van der Waals surface area contributed by atoms with Crippen LogP contribution in [0.4, 0.5) is 23.4 Å². The molecule has 0 bridgehead atoms. The van der Waals surface area contributed by atoms with Gasteiger partial charge in [-0.25, -0.2) is 9.37 Å². The van der Waals surface area contributed by atoms with Gasteiger partial charge in [0.1, 0.15) is 17.4 Å². The topological polar surface area (TPSA) is 60.2 Å². The molecule has 4 nitrogen and oxygen atoms in total. The fourth-order valence-corrected chi connectivity index (χ4v) is 2.98. The lowest BCUT2D eigenvalue weighted by Gasteiger charge is -2.15. The summed E-state index contributed by atoms with van der Waals surface area (Å²) in [4.78, 5) is 4.17. The van der Waals surface area contributed by atoms with E-state index in [0.29, 0.717) is 5.82 Å². The zero-order chi connectivity index (χ0) is 18.0. The van der Waals surface area contributed by atoms with Crippen LogP contribution in [0.1, 0.15) is 19.3 Å². The zero-order valence-electron chi connectivity index (χ0n) is 13.2. The van der Waals surface area contributed by atoms with E-state index in [1.807, 2.05) is 0 Å². The van der Waals surface area contributed by atoms with Crippen molar-refractivity contribution in [3.05, 3.63) is 42.3 Å². The second-order valence-corrected chi connectivity index (χ2v) is 6.01. The number of benzene rings is 1. The highest BCUT2D eigenvalue weighted by molar-refractivity contribution is 5.71. The van der Waals surface area contributed by atoms with Crippen LogP contribution in [0.3, 0.4) is 0 Å². The lowest BCUT2D eigenvalue weighted by atomic mass is 10.1. The minimum Gasteiger partial charge on any atom is -0.405 e. The normalized spacial score (nSPS) is 20.5. The fraction of sp³-hybridized carbons (Fsp3) is 0.353. The molecule has 1 heterocycles. The first kappa shape index (κ1) is 17.5. The van der Waals surface area contributed by atoms with Gasteiger partial charge in [-0.05, 0) is 43.5 Å². The Hall–Kier alpha value is -2.35. The van der Waals surface area contributed by atoms with Crippen LogP contribution < -0.4 is 15.8 Å². The van der Waals surface area contributed by atoms with Gasteiger partial charge < -0.3 is 15.8 Å². The van der Waals surface area contributed by atoms with E-state index in [4.69, 9.17) is 5.73 Å². The molecule has 2 aromatic rings. The van der Waals surface area contributed by atoms with Crippen molar-refractivity contribution < 1.29 is 22.3 Å². The summed E-state index contributed by atoms with van der Waals surface area (Å²) < 4.78 is 55.5. The van der Waals surface area contributed by atoms with Crippen molar-refractivity contribution >= 4 is 5.82 Å². The number of rotatable bonds is 4. The van der Waals surface area contributed by atoms with Crippen LogP contribution in [0.5, 0.6) is 5.75 Å². The largest absolute Gasteiger partial charge is 0.573 e. The van der Waals surface area contributed by atoms with Crippen molar-refractivity contribution in [3.63, 3.8) is 0 Å². The maximum absolute atomic E-state index is 14.1. The average molecular weight is 355 g/mol. The second kappa shape index (κ2) is 6.87. The lowest BCUT2D eigenvalue weighted by molar-refractivity contribution is -0.274. The third-order valence-corrected chi connectivity index (χ3v) is 4.08. The summed E-state index contributed by atoms with van der Waals surface area (Å²) in [5, 5.41) is 3.22. The highest BCUT2D eigenvalue weighted by atomic mass is 19.4. The van der Waals surface area contributed by atoms with E-state index in [9.17, 15) is 17.6 Å². The molecular weight excluding hydrogens is 338 g/mol. The van der Waals surface area contributed by atoms with Gasteiger partial charge in [0.25, 0.3) is 0 Å². The molecule has 8 heteroatoms. The molecule has 1 aromatic heterocycles. The Morgan fingerprint density at radius 3 is 2.56 bits per heavy atom. The number of hydrogen-bond donors (Lipinski definition) is 2. The van der Waals surface area contributed by atoms with Crippen molar-refractivity contribution in [1.82, 2.24) is 4.98 Å². The molecule has 0 spiro atoms. The maximum Gasteiger partial charge on any atom is 0.573 e. The van der Waals surface area contributed by atoms with Crippen LogP contribution in [-0.4, -0.2) is 23.4 Å². The van der Waals surface area contributed by atoms with E-state index < -0.39 is 17.9 Å². The SMILES string of the molecule is N[C@H]1CC[C@H](Nc2ccc(-c3c(F)cccc3OC(F)(F)F)cn2)C1. The fourth-order valence-electron chi connectivity index (χ4n) is 2.98. The molecule has 0 unspecified atom stereocenters. The van der Waals surface area contributed by atoms with E-state index >= 15 is 0 Å². The van der Waals surface area contributed by atoms with Gasteiger partial charge in [-0.3, -0.25) is 0 Å². The van der Waals surface area contributed by atoms with E-state index in [0.717, 1.165) is 37.5 Å². The summed E-state index contributed by atoms with van der Waals surface area (Å²) in [7, 11) is 0. The van der Waals surface area contributed by atoms with Crippen molar-refractivity contribution in [1.29, 1.82) is 0 Å². The Labute approximate surface area is 142 Å². The quantitative estimate of drug-likeness (QED) is 0.812. The van der Waals surface area contributed by atoms with E-state index in [2.05, 4.69) is 15.0 Å². The minimum absolute atomic E-state index is 0.164. The van der Waals surface area contributed by atoms with Crippen molar-refractivity contribution in [2.75, 3.05) is 5.32 Å². The van der Waals surface area contributed by atoms with E-state index in [1.165, 1.54) is 12.3 Å². The molecule has 3 N–H and O–H groups in total. The third kappa shape index (κ3) is 4.39. The predicted molar refractivity (Wildman–Crippen MR) is 85.6 cm³/mol. The predicted octanol–water partition coefficient (Wildman–Crippen LogP) is 4.08. The number of anilines is 1. The number of pyridine rings is 1. The van der Waals surface area contributed by atoms with Gasteiger partial charge in [-0.1, -0.05) is 6.07 Å². The molecule has 3 rings (SSSR count). The van der Waals surface area contributed by atoms with Crippen LogP contribution in [0, 0.1) is 5.82 Å². The molecule has 1 fully saturated rings. The summed E-state index contributed by atoms with van der Waals surface area (Å²) >= 11 is 0. The third-order valence-electron chi connectivity index (χ3n) is 4.08. The Morgan fingerprint density at radius 2 is 1.96 bits per heavy atom. The van der Waals surface area contributed by atoms with Gasteiger partial charge >= 0.3 is 6.36 Å². The number of ether oxygens (including phenoxy) is 1. The van der Waals surface area contributed by atoms with Crippen LogP contribution in [-0.2, 0) is 0 Å². The van der Waals surface area contributed by atoms with Gasteiger partial charge in [0.15, 0.2) is 0 Å². The molecule has 0 saturated heterocycles. The first-order chi connectivity index (χ1) is 11.8. The molecule has 0 aliphatic heterocycles. The molecule has 0 amide bonds. The molecular formula is C17H17F4N3O. The highest BCUT2D eigenvalue weighted by Gasteiger charge is 2.33. The lowest BCUT2D eigenvalue weighted by Crippen LogP contribution is -2.21. The molecule has 0 radical (unpaired) electrons. The summed E-state index contributed by atoms with van der Waals surface area (Å²) in [6.07, 6.45) is -0.886. The number of aromatic nitrogens is 1. The van der Waals surface area contributed by atoms with Gasteiger partial charge in [0, 0.05) is 23.8 Å². The van der Waals surface area contributed by atoms with Crippen molar-refractivity contribution in [2.24, 2.45) is 5.73 Å². The number of nitrogens with one attached hydrogen (secondary N) is 1. The number of hydrogen-bond acceptors (Lipinski definition) is 4. The van der Waals surface area contributed by atoms with Gasteiger partial charge in [-0.15, -0.1) is 13.2 Å². The molecule has 1 aliphatic carbocycles. The molecule has 25 heavy (non-hydrogen) atoms. The Kier molecular flexibility index (Phi) is 4.80. The number of nitrogens with two attached hydrogens (primary N) is 1. The minimum atomic E-state index is -4.90. The molecule has 1 aliphatic rings. The van der Waals surface area contributed by atoms with Crippen LogP contribution in [0.25, 0.3) is 11.1 Å². The second-order valence-electron chi connectivity index (χ2n) is 6.01. The van der Waals surface area contributed by atoms with Gasteiger partial charge in [-0.2, -0.15) is 0 Å². The maximum atomic E-state index is 14.1. The van der Waals surface area contributed by atoms with Gasteiger partial charge in [0.2, 0.25) is 0 Å². The average Bonchev–Trinajstić information content (AvgIpc) is 2.92. The van der Waals surface area contributed by atoms with Crippen LogP contribution >= 0.6 is 0 Å². The van der Waals surface area contributed by atoms with Crippen molar-refractivity contribution in [2.45, 2.75) is 37.7 Å². The standard InChI is InChI=1S/C17H17F4N3O/c18-13-2-1-3-14(25-17(19,20)21)16(13)10-4-7-15(23-9-10)24-12-6-5-11(22)8-12/h1-4,7,9,11-12H,5-6,8,22H2,(H,23,24)/t11-,12-/m0/s1. The highest BCUT2D eigenvalue weighted by Crippen LogP contribution is 2.36. The molecule has 134 valence electrons. The Morgan fingerprint density at radius 1 is 1.16 bits per heavy atom.